The van der Waals surface area contributed by atoms with E-state index in [1.54, 1.807) is 18.8 Å². The van der Waals surface area contributed by atoms with Gasteiger partial charge in [0.15, 0.2) is 0 Å². The third kappa shape index (κ3) is 3.11. The lowest BCUT2D eigenvalue weighted by Crippen LogP contribution is -1.98. The summed E-state index contributed by atoms with van der Waals surface area (Å²) in [5.41, 5.74) is 1.05. The summed E-state index contributed by atoms with van der Waals surface area (Å²) >= 11 is 7.53. The van der Waals surface area contributed by atoms with E-state index in [1.807, 2.05) is 37.4 Å². The molecule has 1 N–H and O–H groups in total. The van der Waals surface area contributed by atoms with Crippen molar-refractivity contribution < 1.29 is 0 Å². The highest BCUT2D eigenvalue weighted by Crippen LogP contribution is 2.30. The summed E-state index contributed by atoms with van der Waals surface area (Å²) < 4.78 is 0. The minimum atomic E-state index is 0.625. The van der Waals surface area contributed by atoms with E-state index < -0.39 is 0 Å². The fraction of sp³-hybridized carbons (Fsp3) is 0.167. The second-order valence-electron chi connectivity index (χ2n) is 3.49. The molecule has 0 aliphatic heterocycles. The van der Waals surface area contributed by atoms with Gasteiger partial charge >= 0.3 is 0 Å². The zero-order valence-electron chi connectivity index (χ0n) is 9.57. The molecule has 0 saturated heterocycles. The summed E-state index contributed by atoms with van der Waals surface area (Å²) in [6, 6.07) is 7.72. The topological polar surface area (TPSA) is 37.8 Å². The third-order valence-electron chi connectivity index (χ3n) is 2.16. The van der Waals surface area contributed by atoms with Gasteiger partial charge in [-0.1, -0.05) is 29.4 Å². The van der Waals surface area contributed by atoms with Crippen LogP contribution >= 0.6 is 23.4 Å². The average molecular weight is 266 g/mol. The number of rotatable bonds is 3. The first kappa shape index (κ1) is 12.2. The first-order valence-corrected chi connectivity index (χ1v) is 6.33. The highest BCUT2D eigenvalue weighted by atomic mass is 35.5. The van der Waals surface area contributed by atoms with Crippen molar-refractivity contribution in [2.45, 2.75) is 16.8 Å². The van der Waals surface area contributed by atoms with Crippen LogP contribution in [-0.4, -0.2) is 17.0 Å². The Kier molecular flexibility index (Phi) is 3.86. The first-order chi connectivity index (χ1) is 8.19. The molecule has 0 fully saturated rings. The lowest BCUT2D eigenvalue weighted by Gasteiger charge is -2.06. The van der Waals surface area contributed by atoms with Crippen molar-refractivity contribution in [2.75, 3.05) is 12.4 Å². The van der Waals surface area contributed by atoms with E-state index >= 15 is 0 Å². The van der Waals surface area contributed by atoms with Crippen molar-refractivity contribution in [2.24, 2.45) is 0 Å². The van der Waals surface area contributed by atoms with Gasteiger partial charge in [0.05, 0.1) is 0 Å². The van der Waals surface area contributed by atoms with Gasteiger partial charge in [0.1, 0.15) is 5.03 Å². The first-order valence-electron chi connectivity index (χ1n) is 5.14. The molecule has 2 aromatic rings. The van der Waals surface area contributed by atoms with Crippen molar-refractivity contribution in [3.05, 3.63) is 41.0 Å². The predicted octanol–water partition coefficient (Wildman–Crippen LogP) is 3.63. The molecule has 0 aliphatic carbocycles. The summed E-state index contributed by atoms with van der Waals surface area (Å²) in [6.07, 6.45) is 1.81. The van der Waals surface area contributed by atoms with Gasteiger partial charge < -0.3 is 5.32 Å². The van der Waals surface area contributed by atoms with E-state index in [0.29, 0.717) is 5.95 Å². The monoisotopic (exact) mass is 265 g/mol. The van der Waals surface area contributed by atoms with E-state index in [0.717, 1.165) is 20.5 Å². The maximum absolute atomic E-state index is 5.95. The number of anilines is 1. The quantitative estimate of drug-likeness (QED) is 0.860. The highest BCUT2D eigenvalue weighted by molar-refractivity contribution is 7.99. The summed E-state index contributed by atoms with van der Waals surface area (Å²) in [5, 5.41) is 4.60. The van der Waals surface area contributed by atoms with Gasteiger partial charge in [-0.3, -0.25) is 0 Å². The van der Waals surface area contributed by atoms with Crippen LogP contribution < -0.4 is 5.32 Å². The van der Waals surface area contributed by atoms with Crippen LogP contribution in [0, 0.1) is 6.92 Å². The fourth-order valence-corrected chi connectivity index (χ4v) is 2.45. The lowest BCUT2D eigenvalue weighted by atomic mass is 10.4. The Hall–Kier alpha value is -1.26. The molecule has 0 saturated carbocycles. The molecular formula is C12H12ClN3S. The number of aromatic nitrogens is 2. The second-order valence-corrected chi connectivity index (χ2v) is 4.99. The van der Waals surface area contributed by atoms with E-state index in [9.17, 15) is 0 Å². The van der Waals surface area contributed by atoms with Gasteiger partial charge in [-0.25, -0.2) is 9.97 Å². The Balaban J connectivity index is 2.29. The van der Waals surface area contributed by atoms with Crippen LogP contribution in [0.2, 0.25) is 5.02 Å². The molecule has 3 nitrogen and oxygen atoms in total. The zero-order valence-corrected chi connectivity index (χ0v) is 11.1. The lowest BCUT2D eigenvalue weighted by molar-refractivity contribution is 1.00. The Labute approximate surface area is 110 Å². The fourth-order valence-electron chi connectivity index (χ4n) is 1.29. The van der Waals surface area contributed by atoms with Crippen molar-refractivity contribution in [1.29, 1.82) is 0 Å². The van der Waals surface area contributed by atoms with Gasteiger partial charge in [-0.05, 0) is 25.1 Å². The maximum atomic E-state index is 5.95. The van der Waals surface area contributed by atoms with Crippen molar-refractivity contribution in [1.82, 2.24) is 9.97 Å². The standard InChI is InChI=1S/C12H12ClN3S/c1-8-7-15-12(14-2)16-11(8)17-10-5-3-4-9(13)6-10/h3-7H,1-2H3,(H,14,15,16). The third-order valence-corrected chi connectivity index (χ3v) is 3.49. The van der Waals surface area contributed by atoms with E-state index in [4.69, 9.17) is 11.6 Å². The molecule has 5 heteroatoms. The molecule has 0 amide bonds. The molecule has 0 radical (unpaired) electrons. The second kappa shape index (κ2) is 5.38. The predicted molar refractivity (Wildman–Crippen MR) is 71.9 cm³/mol. The van der Waals surface area contributed by atoms with Gasteiger partial charge in [0, 0.05) is 28.7 Å². The molecule has 1 heterocycles. The highest BCUT2D eigenvalue weighted by Gasteiger charge is 2.05. The number of nitrogens with zero attached hydrogens (tertiary/aromatic N) is 2. The van der Waals surface area contributed by atoms with Crippen molar-refractivity contribution in [3.8, 4) is 0 Å². The number of hydrogen-bond donors (Lipinski definition) is 1. The summed E-state index contributed by atoms with van der Waals surface area (Å²) in [4.78, 5) is 9.64. The Morgan fingerprint density at radius 3 is 2.88 bits per heavy atom. The van der Waals surface area contributed by atoms with Crippen LogP contribution in [0.1, 0.15) is 5.56 Å². The van der Waals surface area contributed by atoms with Gasteiger partial charge in [-0.2, -0.15) is 0 Å². The van der Waals surface area contributed by atoms with Crippen LogP contribution in [-0.2, 0) is 0 Å². The molecule has 2 rings (SSSR count). The summed E-state index contributed by atoms with van der Waals surface area (Å²) in [6.45, 7) is 1.99. The number of halogens is 1. The molecular weight excluding hydrogens is 254 g/mol. The molecule has 17 heavy (non-hydrogen) atoms. The van der Waals surface area contributed by atoms with E-state index in [-0.39, 0.29) is 0 Å². The Morgan fingerprint density at radius 2 is 2.18 bits per heavy atom. The smallest absolute Gasteiger partial charge is 0.223 e. The normalized spacial score (nSPS) is 10.3. The molecule has 0 bridgehead atoms. The maximum Gasteiger partial charge on any atom is 0.223 e. The summed E-state index contributed by atoms with van der Waals surface area (Å²) in [7, 11) is 1.80. The molecule has 1 aromatic heterocycles. The van der Waals surface area contributed by atoms with E-state index in [1.165, 1.54) is 0 Å². The number of benzene rings is 1. The molecule has 88 valence electrons. The molecule has 0 aliphatic rings. The van der Waals surface area contributed by atoms with Crippen LogP contribution in [0.4, 0.5) is 5.95 Å². The van der Waals surface area contributed by atoms with Gasteiger partial charge in [0.25, 0.3) is 0 Å². The van der Waals surface area contributed by atoms with Crippen molar-refractivity contribution in [3.63, 3.8) is 0 Å². The largest absolute Gasteiger partial charge is 0.357 e. The molecule has 0 spiro atoms. The SMILES string of the molecule is CNc1ncc(C)c(Sc2cccc(Cl)c2)n1. The molecule has 1 aromatic carbocycles. The van der Waals surface area contributed by atoms with Gasteiger partial charge in [0.2, 0.25) is 5.95 Å². The Bertz CT molecular complexity index is 531. The minimum absolute atomic E-state index is 0.625. The Morgan fingerprint density at radius 1 is 1.35 bits per heavy atom. The minimum Gasteiger partial charge on any atom is -0.357 e. The molecule has 0 atom stereocenters. The number of hydrogen-bond acceptors (Lipinski definition) is 4. The summed E-state index contributed by atoms with van der Waals surface area (Å²) in [5.74, 6) is 0.625. The van der Waals surface area contributed by atoms with Crippen LogP contribution in [0.15, 0.2) is 40.4 Å². The average Bonchev–Trinajstić information content (AvgIpc) is 2.32. The number of nitrogens with one attached hydrogen (secondary N) is 1. The van der Waals surface area contributed by atoms with Crippen molar-refractivity contribution >= 4 is 29.3 Å². The van der Waals surface area contributed by atoms with Crippen LogP contribution in [0.5, 0.6) is 0 Å². The van der Waals surface area contributed by atoms with Gasteiger partial charge in [-0.15, -0.1) is 0 Å². The zero-order chi connectivity index (χ0) is 12.3. The van der Waals surface area contributed by atoms with Crippen LogP contribution in [0.25, 0.3) is 0 Å². The molecule has 0 unspecified atom stereocenters. The number of aryl methyl sites for hydroxylation is 1. The van der Waals surface area contributed by atoms with Crippen LogP contribution in [0.3, 0.4) is 0 Å². The van der Waals surface area contributed by atoms with E-state index in [2.05, 4.69) is 15.3 Å².